The SMILES string of the molecule is Cc1ccc(Cl)c(OCCCC[NH+]2CCC[C@H](C)C2)c1. The van der Waals surface area contributed by atoms with Gasteiger partial charge in [-0.3, -0.25) is 0 Å². The molecule has 1 aromatic carbocycles. The second-order valence-electron chi connectivity index (χ2n) is 6.19. The first-order valence-corrected chi connectivity index (χ1v) is 8.25. The number of hydrogen-bond donors (Lipinski definition) is 1. The Morgan fingerprint density at radius 3 is 3.00 bits per heavy atom. The van der Waals surface area contributed by atoms with Gasteiger partial charge in [-0.1, -0.05) is 24.6 Å². The van der Waals surface area contributed by atoms with E-state index >= 15 is 0 Å². The van der Waals surface area contributed by atoms with Crippen molar-refractivity contribution in [1.29, 1.82) is 0 Å². The number of quaternary nitrogens is 1. The van der Waals surface area contributed by atoms with E-state index in [4.69, 9.17) is 16.3 Å². The minimum atomic E-state index is 0.714. The van der Waals surface area contributed by atoms with E-state index in [1.165, 1.54) is 44.5 Å². The van der Waals surface area contributed by atoms with Crippen molar-refractivity contribution in [1.82, 2.24) is 0 Å². The summed E-state index contributed by atoms with van der Waals surface area (Å²) in [5.74, 6) is 1.73. The Morgan fingerprint density at radius 2 is 2.20 bits per heavy atom. The third-order valence-electron chi connectivity index (χ3n) is 4.13. The summed E-state index contributed by atoms with van der Waals surface area (Å²) in [6.45, 7) is 9.20. The summed E-state index contributed by atoms with van der Waals surface area (Å²) >= 11 is 6.12. The number of hydrogen-bond acceptors (Lipinski definition) is 1. The van der Waals surface area contributed by atoms with Gasteiger partial charge in [-0.25, -0.2) is 0 Å². The smallest absolute Gasteiger partial charge is 0.138 e. The first-order chi connectivity index (χ1) is 9.65. The van der Waals surface area contributed by atoms with Crippen molar-refractivity contribution >= 4 is 11.6 Å². The van der Waals surface area contributed by atoms with E-state index in [1.54, 1.807) is 4.90 Å². The summed E-state index contributed by atoms with van der Waals surface area (Å²) in [4.78, 5) is 1.78. The molecule has 0 amide bonds. The van der Waals surface area contributed by atoms with E-state index in [0.29, 0.717) is 5.02 Å². The van der Waals surface area contributed by atoms with Crippen LogP contribution in [0.4, 0.5) is 0 Å². The van der Waals surface area contributed by atoms with Crippen molar-refractivity contribution in [3.05, 3.63) is 28.8 Å². The molecule has 1 N–H and O–H groups in total. The van der Waals surface area contributed by atoms with E-state index < -0.39 is 0 Å². The molecule has 2 rings (SSSR count). The fourth-order valence-corrected chi connectivity index (χ4v) is 3.18. The van der Waals surface area contributed by atoms with Gasteiger partial charge in [-0.15, -0.1) is 0 Å². The Labute approximate surface area is 128 Å². The van der Waals surface area contributed by atoms with E-state index in [2.05, 4.69) is 13.8 Å². The van der Waals surface area contributed by atoms with Gasteiger partial charge in [0.05, 0.1) is 31.3 Å². The summed E-state index contributed by atoms with van der Waals surface area (Å²) in [5, 5.41) is 0.714. The van der Waals surface area contributed by atoms with Gasteiger partial charge in [0.2, 0.25) is 0 Å². The number of piperidine rings is 1. The minimum Gasteiger partial charge on any atom is -0.492 e. The largest absolute Gasteiger partial charge is 0.492 e. The maximum atomic E-state index is 6.12. The zero-order chi connectivity index (χ0) is 14.4. The van der Waals surface area contributed by atoms with Crippen molar-refractivity contribution in [3.63, 3.8) is 0 Å². The van der Waals surface area contributed by atoms with Gasteiger partial charge in [0.1, 0.15) is 5.75 Å². The van der Waals surface area contributed by atoms with Crippen LogP contribution in [0.15, 0.2) is 18.2 Å². The van der Waals surface area contributed by atoms with Gasteiger partial charge in [0.15, 0.2) is 0 Å². The van der Waals surface area contributed by atoms with E-state index in [0.717, 1.165) is 24.7 Å². The molecule has 1 aromatic rings. The Morgan fingerprint density at radius 1 is 1.35 bits per heavy atom. The first-order valence-electron chi connectivity index (χ1n) is 7.87. The van der Waals surface area contributed by atoms with Gasteiger partial charge < -0.3 is 9.64 Å². The Balaban J connectivity index is 1.63. The van der Waals surface area contributed by atoms with Crippen LogP contribution in [0.5, 0.6) is 5.75 Å². The van der Waals surface area contributed by atoms with E-state index in [1.807, 2.05) is 18.2 Å². The van der Waals surface area contributed by atoms with Crippen LogP contribution in [0.1, 0.15) is 38.2 Å². The lowest BCUT2D eigenvalue weighted by Crippen LogP contribution is -3.13. The predicted molar refractivity (Wildman–Crippen MR) is 84.9 cm³/mol. The van der Waals surface area contributed by atoms with Gasteiger partial charge in [-0.2, -0.15) is 0 Å². The lowest BCUT2D eigenvalue weighted by Gasteiger charge is -2.27. The molecule has 0 aliphatic carbocycles. The highest BCUT2D eigenvalue weighted by molar-refractivity contribution is 6.32. The zero-order valence-electron chi connectivity index (χ0n) is 12.8. The third-order valence-corrected chi connectivity index (χ3v) is 4.45. The Bertz CT molecular complexity index is 421. The number of aryl methyl sites for hydroxylation is 1. The van der Waals surface area contributed by atoms with Crippen molar-refractivity contribution in [2.75, 3.05) is 26.2 Å². The third kappa shape index (κ3) is 4.99. The molecule has 1 heterocycles. The molecule has 2 atom stereocenters. The molecular formula is C17H27ClNO+. The maximum absolute atomic E-state index is 6.12. The molecular weight excluding hydrogens is 270 g/mol. The molecule has 1 unspecified atom stereocenters. The van der Waals surface area contributed by atoms with Crippen LogP contribution in [0.2, 0.25) is 5.02 Å². The summed E-state index contributed by atoms with van der Waals surface area (Å²) in [7, 11) is 0. The quantitative estimate of drug-likeness (QED) is 0.796. The van der Waals surface area contributed by atoms with Crippen molar-refractivity contribution < 1.29 is 9.64 Å². The number of likely N-dealkylation sites (tertiary alicyclic amines) is 1. The van der Waals surface area contributed by atoms with Crippen LogP contribution in [0.25, 0.3) is 0 Å². The molecule has 2 nitrogen and oxygen atoms in total. The molecule has 1 fully saturated rings. The maximum Gasteiger partial charge on any atom is 0.138 e. The number of halogens is 1. The Hall–Kier alpha value is -0.730. The van der Waals surface area contributed by atoms with E-state index in [9.17, 15) is 0 Å². The average Bonchev–Trinajstić information content (AvgIpc) is 2.42. The van der Waals surface area contributed by atoms with Gasteiger partial charge in [-0.05, 0) is 50.3 Å². The molecule has 0 aromatic heterocycles. The standard InChI is InChI=1S/C17H26ClNO/c1-14-7-8-16(18)17(12-14)20-11-4-3-9-19-10-5-6-15(2)13-19/h7-8,12,15H,3-6,9-11,13H2,1-2H3/p+1/t15-/m0/s1. The van der Waals surface area contributed by atoms with E-state index in [-0.39, 0.29) is 0 Å². The molecule has 0 radical (unpaired) electrons. The topological polar surface area (TPSA) is 13.7 Å². The van der Waals surface area contributed by atoms with Crippen molar-refractivity contribution in [2.45, 2.75) is 39.5 Å². The summed E-state index contributed by atoms with van der Waals surface area (Å²) in [6.07, 6.45) is 5.16. The summed E-state index contributed by atoms with van der Waals surface area (Å²) in [6, 6.07) is 5.93. The molecule has 0 spiro atoms. The van der Waals surface area contributed by atoms with Crippen LogP contribution in [0, 0.1) is 12.8 Å². The second kappa shape index (κ2) is 7.90. The minimum absolute atomic E-state index is 0.714. The first kappa shape index (κ1) is 15.7. The molecule has 112 valence electrons. The highest BCUT2D eigenvalue weighted by Crippen LogP contribution is 2.25. The normalized spacial score (nSPS) is 22.8. The molecule has 1 saturated heterocycles. The number of unbranched alkanes of at least 4 members (excludes halogenated alkanes) is 1. The molecule has 1 aliphatic rings. The lowest BCUT2D eigenvalue weighted by atomic mass is 10.0. The van der Waals surface area contributed by atoms with Gasteiger partial charge in [0, 0.05) is 5.92 Å². The van der Waals surface area contributed by atoms with Gasteiger partial charge in [0.25, 0.3) is 0 Å². The van der Waals surface area contributed by atoms with Crippen molar-refractivity contribution in [3.8, 4) is 5.75 Å². The van der Waals surface area contributed by atoms with Crippen molar-refractivity contribution in [2.24, 2.45) is 5.92 Å². The zero-order valence-corrected chi connectivity index (χ0v) is 13.5. The summed E-state index contributed by atoms with van der Waals surface area (Å²) < 4.78 is 5.79. The predicted octanol–water partition coefficient (Wildman–Crippen LogP) is 3.12. The fraction of sp³-hybridized carbons (Fsp3) is 0.647. The number of ether oxygens (including phenoxy) is 1. The number of benzene rings is 1. The fourth-order valence-electron chi connectivity index (χ4n) is 3.00. The second-order valence-corrected chi connectivity index (χ2v) is 6.60. The molecule has 1 aliphatic heterocycles. The Kier molecular flexibility index (Phi) is 6.18. The highest BCUT2D eigenvalue weighted by atomic mass is 35.5. The van der Waals surface area contributed by atoms with Crippen LogP contribution >= 0.6 is 11.6 Å². The summed E-state index contributed by atoms with van der Waals surface area (Å²) in [5.41, 5.74) is 1.19. The number of nitrogens with one attached hydrogen (secondary N) is 1. The molecule has 0 bridgehead atoms. The lowest BCUT2D eigenvalue weighted by molar-refractivity contribution is -0.908. The van der Waals surface area contributed by atoms with Crippen LogP contribution in [0.3, 0.4) is 0 Å². The average molecular weight is 297 g/mol. The van der Waals surface area contributed by atoms with Crippen LogP contribution < -0.4 is 9.64 Å². The monoisotopic (exact) mass is 296 g/mol. The van der Waals surface area contributed by atoms with Gasteiger partial charge >= 0.3 is 0 Å². The van der Waals surface area contributed by atoms with Crippen LogP contribution in [-0.2, 0) is 0 Å². The highest BCUT2D eigenvalue weighted by Gasteiger charge is 2.18. The molecule has 3 heteroatoms. The van der Waals surface area contributed by atoms with Crippen LogP contribution in [-0.4, -0.2) is 26.2 Å². The molecule has 0 saturated carbocycles. The number of rotatable bonds is 6. The molecule has 20 heavy (non-hydrogen) atoms.